The smallest absolute Gasteiger partial charge is 0.316 e. The van der Waals surface area contributed by atoms with Crippen LogP contribution >= 0.6 is 0 Å². The van der Waals surface area contributed by atoms with Crippen molar-refractivity contribution in [1.82, 2.24) is 15.1 Å². The summed E-state index contributed by atoms with van der Waals surface area (Å²) in [4.78, 5) is 32.6. The number of nitrogen functional groups attached to an aromatic ring is 1. The Balaban J connectivity index is 1.60. The molecule has 0 saturated carbocycles. The van der Waals surface area contributed by atoms with Crippen molar-refractivity contribution < 1.29 is 14.1 Å². The molecule has 0 fully saturated rings. The van der Waals surface area contributed by atoms with E-state index in [9.17, 15) is 9.59 Å². The highest BCUT2D eigenvalue weighted by molar-refractivity contribution is 6.43. The highest BCUT2D eigenvalue weighted by Crippen LogP contribution is 2.31. The molecule has 0 radical (unpaired) electrons. The molecule has 3 aromatic heterocycles. The number of aryl methyl sites for hydroxylation is 2. The first kappa shape index (κ1) is 19.1. The van der Waals surface area contributed by atoms with Gasteiger partial charge in [0.15, 0.2) is 0 Å². The van der Waals surface area contributed by atoms with Crippen LogP contribution in [-0.2, 0) is 9.59 Å². The fraction of sp³-hybridized carbons (Fsp3) is 0.0952. The van der Waals surface area contributed by atoms with E-state index in [0.717, 1.165) is 27.5 Å². The Hall–Kier alpha value is -4.27. The molecule has 3 heterocycles. The molecule has 0 atom stereocenters. The van der Waals surface area contributed by atoms with Gasteiger partial charge in [-0.3, -0.25) is 19.9 Å². The number of amides is 2. The number of rotatable bonds is 3. The lowest BCUT2D eigenvalue weighted by Crippen LogP contribution is -2.29. The Morgan fingerprint density at radius 3 is 2.57 bits per heavy atom. The fourth-order valence-corrected chi connectivity index (χ4v) is 3.04. The van der Waals surface area contributed by atoms with E-state index in [-0.39, 0.29) is 11.7 Å². The van der Waals surface area contributed by atoms with E-state index in [1.165, 1.54) is 6.07 Å². The van der Waals surface area contributed by atoms with Crippen LogP contribution in [-0.4, -0.2) is 26.9 Å². The summed E-state index contributed by atoms with van der Waals surface area (Å²) < 4.78 is 4.87. The number of nitrogens with zero attached hydrogens (tertiary/aromatic N) is 3. The van der Waals surface area contributed by atoms with Crippen LogP contribution in [0.1, 0.15) is 11.3 Å². The van der Waals surface area contributed by atoms with Gasteiger partial charge in [-0.2, -0.15) is 0 Å². The Kier molecular flexibility index (Phi) is 4.85. The van der Waals surface area contributed by atoms with Crippen LogP contribution in [0.5, 0.6) is 0 Å². The molecule has 4 rings (SSSR count). The number of benzene rings is 1. The standard InChI is InChI=1S/C21H18N6O3/c1-11-3-4-23-9-15(11)13-6-14-8-18(24-10-16(14)17(22)7-13)25-20(28)21(29)26-19-5-12(2)27-30-19/h3-10H,22H2,1-2H3,(H,26,29)(H,24,25,28). The first-order chi connectivity index (χ1) is 14.4. The topological polar surface area (TPSA) is 136 Å². The number of carbonyl (C=O) groups is 2. The molecule has 0 spiro atoms. The number of aromatic nitrogens is 3. The second-order valence-electron chi connectivity index (χ2n) is 6.79. The van der Waals surface area contributed by atoms with Crippen LogP contribution < -0.4 is 16.4 Å². The molecule has 150 valence electrons. The van der Waals surface area contributed by atoms with Gasteiger partial charge in [-0.15, -0.1) is 0 Å². The van der Waals surface area contributed by atoms with Gasteiger partial charge < -0.3 is 15.6 Å². The average Bonchev–Trinajstić information content (AvgIpc) is 3.12. The van der Waals surface area contributed by atoms with Gasteiger partial charge in [0, 0.05) is 41.3 Å². The SMILES string of the molecule is Cc1cc(NC(=O)C(=O)Nc2cc3cc(-c4cnccc4C)cc(N)c3cn2)on1. The summed E-state index contributed by atoms with van der Waals surface area (Å²) in [7, 11) is 0. The maximum atomic E-state index is 12.2. The van der Waals surface area contributed by atoms with Crippen LogP contribution in [0.2, 0.25) is 0 Å². The van der Waals surface area contributed by atoms with E-state index >= 15 is 0 Å². The van der Waals surface area contributed by atoms with Gasteiger partial charge >= 0.3 is 11.8 Å². The monoisotopic (exact) mass is 402 g/mol. The third kappa shape index (κ3) is 3.81. The number of hydrogen-bond acceptors (Lipinski definition) is 7. The molecule has 9 nitrogen and oxygen atoms in total. The lowest BCUT2D eigenvalue weighted by molar-refractivity contribution is -0.133. The summed E-state index contributed by atoms with van der Waals surface area (Å²) in [6.07, 6.45) is 5.05. The molecule has 0 aliphatic rings. The predicted molar refractivity (Wildman–Crippen MR) is 113 cm³/mol. The van der Waals surface area contributed by atoms with Gasteiger partial charge in [-0.05, 0) is 54.6 Å². The quantitative estimate of drug-likeness (QED) is 0.354. The molecule has 0 aliphatic heterocycles. The molecule has 0 aliphatic carbocycles. The molecule has 30 heavy (non-hydrogen) atoms. The van der Waals surface area contributed by atoms with Gasteiger partial charge in [0.2, 0.25) is 5.88 Å². The van der Waals surface area contributed by atoms with Gasteiger partial charge in [-0.25, -0.2) is 4.98 Å². The third-order valence-corrected chi connectivity index (χ3v) is 4.53. The summed E-state index contributed by atoms with van der Waals surface area (Å²) in [5, 5.41) is 9.95. The minimum Gasteiger partial charge on any atom is -0.398 e. The zero-order valence-electron chi connectivity index (χ0n) is 16.3. The van der Waals surface area contributed by atoms with Crippen molar-refractivity contribution in [3.63, 3.8) is 0 Å². The summed E-state index contributed by atoms with van der Waals surface area (Å²) >= 11 is 0. The van der Waals surface area contributed by atoms with Crippen molar-refractivity contribution in [2.75, 3.05) is 16.4 Å². The highest BCUT2D eigenvalue weighted by Gasteiger charge is 2.17. The molecule has 0 bridgehead atoms. The minimum absolute atomic E-state index is 0.0865. The molecule has 0 saturated heterocycles. The average molecular weight is 402 g/mol. The third-order valence-electron chi connectivity index (χ3n) is 4.53. The predicted octanol–water partition coefficient (Wildman–Crippen LogP) is 3.06. The van der Waals surface area contributed by atoms with E-state index in [1.807, 2.05) is 25.1 Å². The second-order valence-corrected chi connectivity index (χ2v) is 6.79. The first-order valence-electron chi connectivity index (χ1n) is 9.06. The van der Waals surface area contributed by atoms with Crippen LogP contribution in [0, 0.1) is 13.8 Å². The van der Waals surface area contributed by atoms with Crippen molar-refractivity contribution in [2.24, 2.45) is 0 Å². The molecule has 9 heteroatoms. The molecule has 1 aromatic carbocycles. The number of nitrogens with one attached hydrogen (secondary N) is 2. The Morgan fingerprint density at radius 2 is 1.83 bits per heavy atom. The second kappa shape index (κ2) is 7.63. The van der Waals surface area contributed by atoms with Gasteiger partial charge in [0.05, 0.1) is 5.69 Å². The van der Waals surface area contributed by atoms with Crippen LogP contribution in [0.15, 0.2) is 53.4 Å². The molecular weight excluding hydrogens is 384 g/mol. The van der Waals surface area contributed by atoms with Crippen LogP contribution in [0.3, 0.4) is 0 Å². The number of fused-ring (bicyclic) bond motifs is 1. The van der Waals surface area contributed by atoms with E-state index in [1.54, 1.807) is 31.6 Å². The minimum atomic E-state index is -0.896. The zero-order chi connectivity index (χ0) is 21.3. The summed E-state index contributed by atoms with van der Waals surface area (Å²) in [5.74, 6) is -1.48. The molecule has 0 unspecified atom stereocenters. The zero-order valence-corrected chi connectivity index (χ0v) is 16.3. The normalized spacial score (nSPS) is 10.7. The van der Waals surface area contributed by atoms with Gasteiger partial charge in [0.25, 0.3) is 0 Å². The van der Waals surface area contributed by atoms with Crippen molar-refractivity contribution >= 4 is 40.0 Å². The Morgan fingerprint density at radius 1 is 1.03 bits per heavy atom. The summed E-state index contributed by atoms with van der Waals surface area (Å²) in [5.41, 5.74) is 10.2. The largest absolute Gasteiger partial charge is 0.398 e. The molecule has 4 N–H and O–H groups in total. The first-order valence-corrected chi connectivity index (χ1v) is 9.06. The fourth-order valence-electron chi connectivity index (χ4n) is 3.04. The van der Waals surface area contributed by atoms with Crippen molar-refractivity contribution in [1.29, 1.82) is 0 Å². The molecule has 4 aromatic rings. The van der Waals surface area contributed by atoms with Gasteiger partial charge in [-0.1, -0.05) is 5.16 Å². The number of nitrogens with two attached hydrogens (primary N) is 1. The maximum absolute atomic E-state index is 12.2. The lowest BCUT2D eigenvalue weighted by atomic mass is 9.99. The number of hydrogen-bond donors (Lipinski definition) is 3. The number of pyridine rings is 2. The van der Waals surface area contributed by atoms with Gasteiger partial charge in [0.1, 0.15) is 5.82 Å². The molecule has 2 amide bonds. The van der Waals surface area contributed by atoms with Crippen molar-refractivity contribution in [3.05, 3.63) is 60.2 Å². The lowest BCUT2D eigenvalue weighted by Gasteiger charge is -2.10. The molecular formula is C21H18N6O3. The highest BCUT2D eigenvalue weighted by atomic mass is 16.5. The summed E-state index contributed by atoms with van der Waals surface area (Å²) in [6.45, 7) is 3.69. The van der Waals surface area contributed by atoms with E-state index < -0.39 is 11.8 Å². The van der Waals surface area contributed by atoms with Crippen LogP contribution in [0.25, 0.3) is 21.9 Å². The summed E-state index contributed by atoms with van der Waals surface area (Å²) in [6, 6.07) is 8.88. The van der Waals surface area contributed by atoms with E-state index in [0.29, 0.717) is 11.4 Å². The van der Waals surface area contributed by atoms with Crippen LogP contribution in [0.4, 0.5) is 17.4 Å². The Bertz CT molecular complexity index is 1280. The Labute approximate surface area is 171 Å². The maximum Gasteiger partial charge on any atom is 0.316 e. The van der Waals surface area contributed by atoms with Crippen molar-refractivity contribution in [2.45, 2.75) is 13.8 Å². The van der Waals surface area contributed by atoms with Crippen molar-refractivity contribution in [3.8, 4) is 11.1 Å². The van der Waals surface area contributed by atoms with E-state index in [2.05, 4.69) is 25.8 Å². The number of carbonyl (C=O) groups excluding carboxylic acids is 2. The van der Waals surface area contributed by atoms with E-state index in [4.69, 9.17) is 10.3 Å². The number of anilines is 3.